The average Bonchev–Trinajstić information content (AvgIpc) is 3.45. The smallest absolute Gasteiger partial charge is 0.174 e. The van der Waals surface area contributed by atoms with Crippen LogP contribution in [0.25, 0.3) is 5.82 Å². The summed E-state index contributed by atoms with van der Waals surface area (Å²) in [5.41, 5.74) is 7.57. The molecule has 0 amide bonds. The lowest BCUT2D eigenvalue weighted by Gasteiger charge is -2.33. The van der Waals surface area contributed by atoms with E-state index in [1.165, 1.54) is 18.4 Å². The zero-order chi connectivity index (χ0) is 28.0. The third-order valence-corrected chi connectivity index (χ3v) is 9.03. The summed E-state index contributed by atoms with van der Waals surface area (Å²) in [5.74, 6) is 1.71. The zero-order valence-electron chi connectivity index (χ0n) is 23.4. The van der Waals surface area contributed by atoms with E-state index in [-0.39, 0.29) is 12.1 Å². The van der Waals surface area contributed by atoms with Gasteiger partial charge in [0.2, 0.25) is 0 Å². The molecule has 2 aliphatic rings. The quantitative estimate of drug-likeness (QED) is 0.255. The number of nitrogens with zero attached hydrogens (tertiary/aromatic N) is 5. The van der Waals surface area contributed by atoms with Gasteiger partial charge in [-0.05, 0) is 105 Å². The summed E-state index contributed by atoms with van der Waals surface area (Å²) >= 11 is 13.0. The number of anilines is 2. The number of thiocarbonyl (C=S) groups is 1. The van der Waals surface area contributed by atoms with Crippen LogP contribution in [-0.2, 0) is 0 Å². The predicted molar refractivity (Wildman–Crippen MR) is 168 cm³/mol. The standard InChI is InChI=1S/C32H35ClN6S/c1-20-12-16-37(17-13-20)28-11-10-24(19-26(28)33)39-30(29(36-32(39)40)27-9-5-6-14-34-27)25-18-22(3)38(23(25)4)31-21(2)8-7-15-35-31/h5-11,14-15,18-20,29-30H,12-13,16-17H2,1-4H3,(H,36,40)/t29-,30+/m0/s1. The molecule has 6 nitrogen and oxygen atoms in total. The molecule has 0 unspecified atom stereocenters. The van der Waals surface area contributed by atoms with Gasteiger partial charge in [0, 0.05) is 42.6 Å². The predicted octanol–water partition coefficient (Wildman–Crippen LogP) is 7.26. The van der Waals surface area contributed by atoms with Crippen LogP contribution in [0.2, 0.25) is 5.02 Å². The van der Waals surface area contributed by atoms with Crippen LogP contribution < -0.4 is 15.1 Å². The van der Waals surface area contributed by atoms with Crippen molar-refractivity contribution in [2.24, 2.45) is 5.92 Å². The molecule has 2 saturated heterocycles. The second-order valence-corrected chi connectivity index (χ2v) is 11.9. The van der Waals surface area contributed by atoms with Crippen molar-refractivity contribution in [3.63, 3.8) is 0 Å². The molecule has 0 saturated carbocycles. The van der Waals surface area contributed by atoms with Crippen molar-refractivity contribution in [3.05, 3.63) is 100 Å². The fourth-order valence-electron chi connectivity index (χ4n) is 6.23. The van der Waals surface area contributed by atoms with Crippen LogP contribution in [0.1, 0.15) is 60.1 Å². The Balaban J connectivity index is 1.45. The minimum absolute atomic E-state index is 0.121. The van der Waals surface area contributed by atoms with Gasteiger partial charge in [-0.15, -0.1) is 0 Å². The molecule has 2 fully saturated rings. The van der Waals surface area contributed by atoms with Crippen molar-refractivity contribution >= 4 is 40.3 Å². The summed E-state index contributed by atoms with van der Waals surface area (Å²) < 4.78 is 2.24. The van der Waals surface area contributed by atoms with Crippen LogP contribution in [0.4, 0.5) is 11.4 Å². The maximum absolute atomic E-state index is 6.97. The summed E-state index contributed by atoms with van der Waals surface area (Å²) in [6.07, 6.45) is 6.07. The molecule has 0 bridgehead atoms. The largest absolute Gasteiger partial charge is 0.370 e. The van der Waals surface area contributed by atoms with Crippen LogP contribution in [0.15, 0.2) is 67.0 Å². The molecule has 3 aromatic heterocycles. The Morgan fingerprint density at radius 3 is 2.42 bits per heavy atom. The third-order valence-electron chi connectivity index (χ3n) is 8.41. The number of benzene rings is 1. The van der Waals surface area contributed by atoms with Crippen LogP contribution in [-0.4, -0.2) is 32.7 Å². The van der Waals surface area contributed by atoms with E-state index in [4.69, 9.17) is 33.8 Å². The number of hydrogen-bond donors (Lipinski definition) is 1. The number of hydrogen-bond acceptors (Lipinski definition) is 4. The van der Waals surface area contributed by atoms with Crippen molar-refractivity contribution in [1.82, 2.24) is 19.9 Å². The Bertz CT molecular complexity index is 1540. The van der Waals surface area contributed by atoms with Gasteiger partial charge in [0.05, 0.1) is 28.5 Å². The first-order valence-electron chi connectivity index (χ1n) is 14.0. The summed E-state index contributed by atoms with van der Waals surface area (Å²) in [6, 6.07) is 18.5. The molecule has 5 heterocycles. The lowest BCUT2D eigenvalue weighted by atomic mass is 9.96. The molecule has 0 radical (unpaired) electrons. The average molecular weight is 571 g/mol. The van der Waals surface area contributed by atoms with Gasteiger partial charge in [-0.3, -0.25) is 4.98 Å². The summed E-state index contributed by atoms with van der Waals surface area (Å²) in [4.78, 5) is 14.1. The van der Waals surface area contributed by atoms with Crippen molar-refractivity contribution in [1.29, 1.82) is 0 Å². The minimum Gasteiger partial charge on any atom is -0.370 e. The second kappa shape index (κ2) is 10.9. The first-order valence-corrected chi connectivity index (χ1v) is 14.8. The molecule has 2 aliphatic heterocycles. The number of aryl methyl sites for hydroxylation is 2. The maximum Gasteiger partial charge on any atom is 0.174 e. The van der Waals surface area contributed by atoms with E-state index in [2.05, 4.69) is 83.8 Å². The SMILES string of the molecule is Cc1cccnc1-n1c(C)cc([C@@H]2[C@H](c3ccccn3)NC(=S)N2c2ccc(N3CCC(C)CC3)c(Cl)c2)c1C. The van der Waals surface area contributed by atoms with Gasteiger partial charge in [-0.1, -0.05) is 30.7 Å². The maximum atomic E-state index is 6.97. The Labute approximate surface area is 247 Å². The fourth-order valence-corrected chi connectivity index (χ4v) is 6.87. The molecule has 1 aromatic carbocycles. The topological polar surface area (TPSA) is 49.2 Å². The molecular weight excluding hydrogens is 536 g/mol. The van der Waals surface area contributed by atoms with Crippen LogP contribution in [0, 0.1) is 26.7 Å². The van der Waals surface area contributed by atoms with E-state index in [1.54, 1.807) is 0 Å². The van der Waals surface area contributed by atoms with E-state index in [0.29, 0.717) is 5.11 Å². The minimum atomic E-state index is -0.130. The summed E-state index contributed by atoms with van der Waals surface area (Å²) in [7, 11) is 0. The van der Waals surface area contributed by atoms with Crippen LogP contribution >= 0.6 is 23.8 Å². The first-order chi connectivity index (χ1) is 19.3. The van der Waals surface area contributed by atoms with Gasteiger partial charge in [-0.2, -0.15) is 0 Å². The molecule has 0 aliphatic carbocycles. The fraction of sp³-hybridized carbons (Fsp3) is 0.344. The highest BCUT2D eigenvalue weighted by Crippen LogP contribution is 2.45. The molecule has 0 spiro atoms. The molecule has 1 N–H and O–H groups in total. The van der Waals surface area contributed by atoms with E-state index >= 15 is 0 Å². The number of aromatic nitrogens is 3. The Morgan fingerprint density at radius 1 is 0.950 bits per heavy atom. The number of rotatable bonds is 5. The molecule has 40 heavy (non-hydrogen) atoms. The number of nitrogens with one attached hydrogen (secondary N) is 1. The van der Waals surface area contributed by atoms with Gasteiger partial charge in [0.25, 0.3) is 0 Å². The van der Waals surface area contributed by atoms with Crippen molar-refractivity contribution in [2.45, 2.75) is 52.6 Å². The van der Waals surface area contributed by atoms with E-state index in [0.717, 1.165) is 63.9 Å². The lowest BCUT2D eigenvalue weighted by Crippen LogP contribution is -2.33. The zero-order valence-corrected chi connectivity index (χ0v) is 25.0. The molecular formula is C32H35ClN6S. The molecule has 8 heteroatoms. The normalized spacial score (nSPS) is 19.8. The lowest BCUT2D eigenvalue weighted by molar-refractivity contribution is 0.438. The molecule has 2 atom stereocenters. The van der Waals surface area contributed by atoms with Gasteiger partial charge >= 0.3 is 0 Å². The van der Waals surface area contributed by atoms with Crippen molar-refractivity contribution < 1.29 is 0 Å². The Morgan fingerprint density at radius 2 is 1.73 bits per heavy atom. The van der Waals surface area contributed by atoms with Crippen molar-refractivity contribution in [2.75, 3.05) is 22.9 Å². The number of halogens is 1. The van der Waals surface area contributed by atoms with Gasteiger partial charge in [-0.25, -0.2) is 4.98 Å². The first kappa shape index (κ1) is 26.8. The highest BCUT2D eigenvalue weighted by atomic mass is 35.5. The van der Waals surface area contributed by atoms with Crippen molar-refractivity contribution in [3.8, 4) is 5.82 Å². The van der Waals surface area contributed by atoms with E-state index < -0.39 is 0 Å². The summed E-state index contributed by atoms with van der Waals surface area (Å²) in [6.45, 7) is 10.8. The van der Waals surface area contributed by atoms with Gasteiger partial charge in [0.15, 0.2) is 5.11 Å². The summed E-state index contributed by atoms with van der Waals surface area (Å²) in [5, 5.41) is 5.01. The van der Waals surface area contributed by atoms with Gasteiger partial charge in [0.1, 0.15) is 5.82 Å². The monoisotopic (exact) mass is 570 g/mol. The Hall–Kier alpha value is -3.42. The number of piperidine rings is 1. The van der Waals surface area contributed by atoms with Crippen LogP contribution in [0.5, 0.6) is 0 Å². The van der Waals surface area contributed by atoms with Gasteiger partial charge < -0.3 is 19.7 Å². The number of pyridine rings is 2. The molecule has 4 aromatic rings. The third kappa shape index (κ3) is 4.75. The Kier molecular flexibility index (Phi) is 7.27. The highest BCUT2D eigenvalue weighted by Gasteiger charge is 2.42. The van der Waals surface area contributed by atoms with E-state index in [1.807, 2.05) is 30.6 Å². The molecule has 6 rings (SSSR count). The van der Waals surface area contributed by atoms with Crippen LogP contribution in [0.3, 0.4) is 0 Å². The molecule has 206 valence electrons. The second-order valence-electron chi connectivity index (χ2n) is 11.1. The van der Waals surface area contributed by atoms with E-state index in [9.17, 15) is 0 Å². The highest BCUT2D eigenvalue weighted by molar-refractivity contribution is 7.80.